The van der Waals surface area contributed by atoms with E-state index in [0.29, 0.717) is 18.8 Å². The van der Waals surface area contributed by atoms with Crippen molar-refractivity contribution in [2.45, 2.75) is 58.0 Å². The van der Waals surface area contributed by atoms with E-state index in [4.69, 9.17) is 4.74 Å². The van der Waals surface area contributed by atoms with Crippen LogP contribution in [-0.4, -0.2) is 45.5 Å². The third-order valence-corrected chi connectivity index (χ3v) is 4.69. The Morgan fingerprint density at radius 3 is 2.52 bits per heavy atom. The summed E-state index contributed by atoms with van der Waals surface area (Å²) in [5.74, 6) is -1.40. The predicted molar refractivity (Wildman–Crippen MR) is 84.5 cm³/mol. The molecule has 7 nitrogen and oxygen atoms in total. The highest BCUT2D eigenvalue weighted by Crippen LogP contribution is 2.23. The van der Waals surface area contributed by atoms with Gasteiger partial charge in [0.25, 0.3) is 5.91 Å². The van der Waals surface area contributed by atoms with E-state index in [9.17, 15) is 14.7 Å². The van der Waals surface area contributed by atoms with Crippen LogP contribution in [0.1, 0.15) is 61.6 Å². The van der Waals surface area contributed by atoms with E-state index in [0.717, 1.165) is 18.5 Å². The number of nitrogens with zero attached hydrogens (tertiary/aromatic N) is 2. The quantitative estimate of drug-likeness (QED) is 0.834. The summed E-state index contributed by atoms with van der Waals surface area (Å²) in [5.41, 5.74) is -0.0495. The molecule has 1 fully saturated rings. The Morgan fingerprint density at radius 1 is 1.39 bits per heavy atom. The van der Waals surface area contributed by atoms with E-state index in [1.165, 1.54) is 6.20 Å². The summed E-state index contributed by atoms with van der Waals surface area (Å²) in [6.07, 6.45) is 3.92. The molecule has 0 aliphatic carbocycles. The van der Waals surface area contributed by atoms with Crippen molar-refractivity contribution < 1.29 is 19.4 Å². The summed E-state index contributed by atoms with van der Waals surface area (Å²) in [5, 5.41) is 16.6. The molecule has 7 heteroatoms. The van der Waals surface area contributed by atoms with Crippen LogP contribution in [0.4, 0.5) is 0 Å². The second-order valence-corrected chi connectivity index (χ2v) is 6.01. The van der Waals surface area contributed by atoms with Crippen LogP contribution in [0.25, 0.3) is 0 Å². The van der Waals surface area contributed by atoms with Crippen LogP contribution >= 0.6 is 0 Å². The summed E-state index contributed by atoms with van der Waals surface area (Å²) in [6.45, 7) is 6.67. The number of carbonyl (C=O) groups excluding carboxylic acids is 1. The highest BCUT2D eigenvalue weighted by atomic mass is 16.5. The number of rotatable bonds is 6. The lowest BCUT2D eigenvalue weighted by Gasteiger charge is -2.33. The summed E-state index contributed by atoms with van der Waals surface area (Å²) in [7, 11) is 0. The van der Waals surface area contributed by atoms with Gasteiger partial charge in [0.15, 0.2) is 0 Å². The summed E-state index contributed by atoms with van der Waals surface area (Å²) >= 11 is 0. The summed E-state index contributed by atoms with van der Waals surface area (Å²) in [6, 6.07) is 0.244. The lowest BCUT2D eigenvalue weighted by atomic mass is 9.89. The molecule has 2 N–H and O–H groups in total. The van der Waals surface area contributed by atoms with Crippen molar-refractivity contribution >= 4 is 11.9 Å². The van der Waals surface area contributed by atoms with E-state index >= 15 is 0 Å². The maximum Gasteiger partial charge on any atom is 0.329 e. The Bertz CT molecular complexity index is 572. The van der Waals surface area contributed by atoms with E-state index in [1.807, 2.05) is 11.6 Å². The van der Waals surface area contributed by atoms with Crippen LogP contribution in [0.2, 0.25) is 0 Å². The fraction of sp³-hybridized carbons (Fsp3) is 0.688. The zero-order chi connectivity index (χ0) is 17.0. The van der Waals surface area contributed by atoms with Gasteiger partial charge in [-0.1, -0.05) is 13.8 Å². The molecule has 0 atom stereocenters. The number of ether oxygens (including phenoxy) is 1. The maximum absolute atomic E-state index is 12.6. The molecule has 1 aliphatic heterocycles. The second-order valence-electron chi connectivity index (χ2n) is 6.01. The van der Waals surface area contributed by atoms with Gasteiger partial charge in [-0.05, 0) is 19.8 Å². The molecule has 2 heterocycles. The highest BCUT2D eigenvalue weighted by Gasteiger charge is 2.42. The van der Waals surface area contributed by atoms with E-state index in [-0.39, 0.29) is 24.8 Å². The minimum Gasteiger partial charge on any atom is -0.480 e. The monoisotopic (exact) mass is 323 g/mol. The first kappa shape index (κ1) is 17.5. The number of aliphatic carboxylic acids is 1. The average Bonchev–Trinajstić information content (AvgIpc) is 2.91. The molecule has 1 amide bonds. The first-order chi connectivity index (χ1) is 10.9. The number of carboxylic acid groups (broad SMARTS) is 1. The molecule has 2 rings (SSSR count). The van der Waals surface area contributed by atoms with Gasteiger partial charge >= 0.3 is 5.97 Å². The van der Waals surface area contributed by atoms with Crippen molar-refractivity contribution in [1.82, 2.24) is 15.1 Å². The van der Waals surface area contributed by atoms with Crippen molar-refractivity contribution in [3.8, 4) is 0 Å². The molecule has 0 bridgehead atoms. The van der Waals surface area contributed by atoms with E-state index in [2.05, 4.69) is 24.3 Å². The minimum absolute atomic E-state index is 0.244. The summed E-state index contributed by atoms with van der Waals surface area (Å²) in [4.78, 5) is 24.2. The van der Waals surface area contributed by atoms with Crippen LogP contribution in [0, 0.1) is 6.92 Å². The smallest absolute Gasteiger partial charge is 0.329 e. The Morgan fingerprint density at radius 2 is 2.00 bits per heavy atom. The van der Waals surface area contributed by atoms with Gasteiger partial charge in [0.1, 0.15) is 5.54 Å². The first-order valence-electron chi connectivity index (χ1n) is 8.13. The average molecular weight is 323 g/mol. The molecular weight excluding hydrogens is 298 g/mol. The van der Waals surface area contributed by atoms with Gasteiger partial charge in [0.2, 0.25) is 0 Å². The van der Waals surface area contributed by atoms with Crippen molar-refractivity contribution in [1.29, 1.82) is 0 Å². The first-order valence-corrected chi connectivity index (χ1v) is 8.13. The zero-order valence-electron chi connectivity index (χ0n) is 14.0. The largest absolute Gasteiger partial charge is 0.480 e. The van der Waals surface area contributed by atoms with Gasteiger partial charge in [-0.15, -0.1) is 0 Å². The van der Waals surface area contributed by atoms with Gasteiger partial charge < -0.3 is 15.2 Å². The van der Waals surface area contributed by atoms with Crippen LogP contribution in [0.3, 0.4) is 0 Å². The molecule has 0 radical (unpaired) electrons. The molecule has 1 aromatic heterocycles. The molecule has 1 aliphatic rings. The number of amides is 1. The zero-order valence-corrected chi connectivity index (χ0v) is 14.0. The molecule has 1 saturated heterocycles. The lowest BCUT2D eigenvalue weighted by Crippen LogP contribution is -2.57. The second kappa shape index (κ2) is 7.12. The third kappa shape index (κ3) is 3.39. The van der Waals surface area contributed by atoms with Gasteiger partial charge in [-0.25, -0.2) is 4.79 Å². The number of nitrogens with one attached hydrogen (secondary N) is 1. The number of carbonyl (C=O) groups is 2. The highest BCUT2D eigenvalue weighted by molar-refractivity contribution is 5.98. The van der Waals surface area contributed by atoms with Crippen LogP contribution in [0.15, 0.2) is 6.20 Å². The summed E-state index contributed by atoms with van der Waals surface area (Å²) < 4.78 is 7.07. The van der Waals surface area contributed by atoms with E-state index in [1.54, 1.807) is 0 Å². The molecule has 0 saturated carbocycles. The van der Waals surface area contributed by atoms with Gasteiger partial charge in [0.05, 0.1) is 17.8 Å². The van der Waals surface area contributed by atoms with Crippen molar-refractivity contribution in [3.05, 3.63) is 17.5 Å². The third-order valence-electron chi connectivity index (χ3n) is 4.69. The number of hydrogen-bond acceptors (Lipinski definition) is 4. The van der Waals surface area contributed by atoms with Gasteiger partial charge in [-0.3, -0.25) is 9.48 Å². The van der Waals surface area contributed by atoms with Crippen molar-refractivity contribution in [3.63, 3.8) is 0 Å². The molecular formula is C16H25N3O4. The fourth-order valence-electron chi connectivity index (χ4n) is 3.05. The minimum atomic E-state index is -1.25. The van der Waals surface area contributed by atoms with E-state index < -0.39 is 11.5 Å². The number of hydrogen-bond donors (Lipinski definition) is 2. The standard InChI is InChI=1S/C16H25N3O4/c1-4-12(5-2)19-11(3)13(10-17-19)14(20)18-16(15(21)22)6-8-23-9-7-16/h10,12H,4-9H2,1-3H3,(H,18,20)(H,21,22). The molecule has 1 aromatic rings. The molecule has 23 heavy (non-hydrogen) atoms. The molecule has 0 aromatic carbocycles. The Kier molecular flexibility index (Phi) is 5.41. The molecule has 0 spiro atoms. The molecule has 128 valence electrons. The Labute approximate surface area is 136 Å². The Hall–Kier alpha value is -1.89. The lowest BCUT2D eigenvalue weighted by molar-refractivity contribution is -0.148. The fourth-order valence-corrected chi connectivity index (χ4v) is 3.05. The van der Waals surface area contributed by atoms with Gasteiger partial charge in [-0.2, -0.15) is 5.10 Å². The Balaban J connectivity index is 2.22. The number of carboxylic acids is 1. The number of aromatic nitrogens is 2. The van der Waals surface area contributed by atoms with Gasteiger partial charge in [0, 0.05) is 31.7 Å². The van der Waals surface area contributed by atoms with Crippen LogP contribution < -0.4 is 5.32 Å². The van der Waals surface area contributed by atoms with Crippen molar-refractivity contribution in [2.24, 2.45) is 0 Å². The van der Waals surface area contributed by atoms with Crippen molar-refractivity contribution in [2.75, 3.05) is 13.2 Å². The maximum atomic E-state index is 12.6. The topological polar surface area (TPSA) is 93.5 Å². The van der Waals surface area contributed by atoms with Crippen LogP contribution in [-0.2, 0) is 9.53 Å². The molecule has 0 unspecified atom stereocenters. The predicted octanol–water partition coefficient (Wildman–Crippen LogP) is 1.92. The SMILES string of the molecule is CCC(CC)n1ncc(C(=O)NC2(C(=O)O)CCOCC2)c1C. The van der Waals surface area contributed by atoms with Crippen LogP contribution in [0.5, 0.6) is 0 Å². The normalized spacial score (nSPS) is 17.2.